The molecule has 0 aliphatic carbocycles. The lowest BCUT2D eigenvalue weighted by Crippen LogP contribution is -2.27. The molecule has 0 radical (unpaired) electrons. The van der Waals surface area contributed by atoms with Crippen LogP contribution < -0.4 is 10.6 Å². The molecule has 0 heterocycles. The van der Waals surface area contributed by atoms with E-state index in [1.807, 2.05) is 0 Å². The van der Waals surface area contributed by atoms with Gasteiger partial charge in [-0.05, 0) is 35.9 Å². The predicted octanol–water partition coefficient (Wildman–Crippen LogP) is 3.78. The van der Waals surface area contributed by atoms with E-state index in [9.17, 15) is 14.0 Å². The van der Waals surface area contributed by atoms with Crippen LogP contribution in [-0.4, -0.2) is 11.8 Å². The molecule has 0 bridgehead atoms. The molecule has 0 atom stereocenters. The van der Waals surface area contributed by atoms with Gasteiger partial charge in [-0.3, -0.25) is 9.59 Å². The molecule has 0 saturated heterocycles. The molecule has 7 heteroatoms. The zero-order chi connectivity index (χ0) is 16.8. The van der Waals surface area contributed by atoms with Crippen molar-refractivity contribution in [1.82, 2.24) is 5.32 Å². The van der Waals surface area contributed by atoms with Gasteiger partial charge in [-0.15, -0.1) is 0 Å². The highest BCUT2D eigenvalue weighted by molar-refractivity contribution is 6.42. The second-order valence-corrected chi connectivity index (χ2v) is 5.57. The number of rotatable bonds is 5. The largest absolute Gasteiger partial charge is 0.352 e. The van der Waals surface area contributed by atoms with E-state index in [1.165, 1.54) is 18.2 Å². The van der Waals surface area contributed by atoms with E-state index >= 15 is 0 Å². The van der Waals surface area contributed by atoms with Crippen LogP contribution in [0.1, 0.15) is 12.0 Å². The topological polar surface area (TPSA) is 58.2 Å². The van der Waals surface area contributed by atoms with Crippen molar-refractivity contribution in [2.75, 3.05) is 5.32 Å². The summed E-state index contributed by atoms with van der Waals surface area (Å²) in [4.78, 5) is 23.5. The molecule has 23 heavy (non-hydrogen) atoms. The molecular formula is C16H13Cl2FN2O2. The van der Waals surface area contributed by atoms with Crippen LogP contribution in [0.25, 0.3) is 0 Å². The van der Waals surface area contributed by atoms with Crippen LogP contribution >= 0.6 is 23.2 Å². The smallest absolute Gasteiger partial charge is 0.233 e. The number of halogens is 3. The maximum Gasteiger partial charge on any atom is 0.233 e. The normalized spacial score (nSPS) is 10.2. The summed E-state index contributed by atoms with van der Waals surface area (Å²) < 4.78 is 12.8. The lowest BCUT2D eigenvalue weighted by atomic mass is 10.2. The van der Waals surface area contributed by atoms with Gasteiger partial charge in [0, 0.05) is 12.2 Å². The van der Waals surface area contributed by atoms with Crippen LogP contribution in [0.5, 0.6) is 0 Å². The van der Waals surface area contributed by atoms with Crippen molar-refractivity contribution >= 4 is 40.7 Å². The molecule has 2 N–H and O–H groups in total. The van der Waals surface area contributed by atoms with E-state index in [1.54, 1.807) is 24.3 Å². The van der Waals surface area contributed by atoms with Crippen LogP contribution in [0.2, 0.25) is 10.0 Å². The minimum Gasteiger partial charge on any atom is -0.352 e. The summed E-state index contributed by atoms with van der Waals surface area (Å²) in [6.45, 7) is 0.221. The maximum atomic E-state index is 12.8. The third-order valence-corrected chi connectivity index (χ3v) is 3.67. The van der Waals surface area contributed by atoms with Crippen molar-refractivity contribution in [1.29, 1.82) is 0 Å². The Labute approximate surface area is 142 Å². The van der Waals surface area contributed by atoms with Crippen LogP contribution in [0, 0.1) is 5.82 Å². The third-order valence-electron chi connectivity index (χ3n) is 2.93. The monoisotopic (exact) mass is 354 g/mol. The van der Waals surface area contributed by atoms with Crippen molar-refractivity contribution in [3.8, 4) is 0 Å². The summed E-state index contributed by atoms with van der Waals surface area (Å²) in [7, 11) is 0. The highest BCUT2D eigenvalue weighted by Gasteiger charge is 2.10. The Morgan fingerprint density at radius 2 is 1.65 bits per heavy atom. The maximum absolute atomic E-state index is 12.8. The van der Waals surface area contributed by atoms with Gasteiger partial charge >= 0.3 is 0 Å². The van der Waals surface area contributed by atoms with Crippen LogP contribution in [0.4, 0.5) is 10.1 Å². The SMILES string of the molecule is O=C(CC(=O)Nc1ccc(Cl)c(Cl)c1)NCc1ccc(F)cc1. The van der Waals surface area contributed by atoms with Gasteiger partial charge in [0.25, 0.3) is 0 Å². The summed E-state index contributed by atoms with van der Waals surface area (Å²) >= 11 is 11.6. The third kappa shape index (κ3) is 5.54. The first-order valence-corrected chi connectivity index (χ1v) is 7.45. The molecule has 0 aliphatic rings. The molecule has 0 saturated carbocycles. The van der Waals surface area contributed by atoms with E-state index in [2.05, 4.69) is 10.6 Å². The predicted molar refractivity (Wildman–Crippen MR) is 88.0 cm³/mol. The van der Waals surface area contributed by atoms with Crippen molar-refractivity contribution in [2.45, 2.75) is 13.0 Å². The zero-order valence-corrected chi connectivity index (χ0v) is 13.4. The highest BCUT2D eigenvalue weighted by Crippen LogP contribution is 2.24. The van der Waals surface area contributed by atoms with E-state index in [0.29, 0.717) is 15.7 Å². The first-order chi connectivity index (χ1) is 10.9. The zero-order valence-electron chi connectivity index (χ0n) is 11.9. The first kappa shape index (κ1) is 17.2. The molecule has 120 valence electrons. The van der Waals surface area contributed by atoms with Gasteiger partial charge in [-0.2, -0.15) is 0 Å². The number of hydrogen-bond acceptors (Lipinski definition) is 2. The lowest BCUT2D eigenvalue weighted by molar-refractivity contribution is -0.126. The number of hydrogen-bond donors (Lipinski definition) is 2. The van der Waals surface area contributed by atoms with Crippen LogP contribution in [0.3, 0.4) is 0 Å². The molecule has 4 nitrogen and oxygen atoms in total. The fraction of sp³-hybridized carbons (Fsp3) is 0.125. The second kappa shape index (κ2) is 7.94. The number of nitrogens with one attached hydrogen (secondary N) is 2. The molecule has 2 rings (SSSR count). The Balaban J connectivity index is 1.81. The van der Waals surface area contributed by atoms with Crippen molar-refractivity contribution in [2.24, 2.45) is 0 Å². The van der Waals surface area contributed by atoms with Gasteiger partial charge in [-0.1, -0.05) is 35.3 Å². The number of amides is 2. The van der Waals surface area contributed by atoms with E-state index in [4.69, 9.17) is 23.2 Å². The number of benzene rings is 2. The Morgan fingerprint density at radius 1 is 0.957 bits per heavy atom. The quantitative estimate of drug-likeness (QED) is 0.802. The first-order valence-electron chi connectivity index (χ1n) is 6.70. The van der Waals surface area contributed by atoms with Crippen molar-refractivity contribution in [3.05, 3.63) is 63.9 Å². The Kier molecular flexibility index (Phi) is 5.96. The van der Waals surface area contributed by atoms with E-state index in [0.717, 1.165) is 5.56 Å². The van der Waals surface area contributed by atoms with Gasteiger partial charge in [0.05, 0.1) is 10.0 Å². The molecule has 0 aromatic heterocycles. The molecule has 0 aliphatic heterocycles. The van der Waals surface area contributed by atoms with Crippen LogP contribution in [0.15, 0.2) is 42.5 Å². The average molecular weight is 355 g/mol. The Morgan fingerprint density at radius 3 is 2.30 bits per heavy atom. The molecule has 2 aromatic rings. The summed E-state index contributed by atoms with van der Waals surface area (Å²) in [5.74, 6) is -1.26. The number of carbonyl (C=O) groups excluding carboxylic acids is 2. The van der Waals surface area contributed by atoms with Gasteiger partial charge in [0.15, 0.2) is 0 Å². The summed E-state index contributed by atoms with van der Waals surface area (Å²) in [5, 5.41) is 5.83. The van der Waals surface area contributed by atoms with Crippen molar-refractivity contribution in [3.63, 3.8) is 0 Å². The number of anilines is 1. The molecule has 2 aromatic carbocycles. The minimum atomic E-state index is -0.472. The van der Waals surface area contributed by atoms with Gasteiger partial charge in [0.2, 0.25) is 11.8 Å². The summed E-state index contributed by atoms with van der Waals surface area (Å²) in [5.41, 5.74) is 1.19. The Hall–Kier alpha value is -2.11. The fourth-order valence-corrected chi connectivity index (χ4v) is 2.09. The summed E-state index contributed by atoms with van der Waals surface area (Å²) in [6, 6.07) is 10.4. The standard InChI is InChI=1S/C16H13Cl2FN2O2/c17-13-6-5-12(7-14(13)18)21-16(23)8-15(22)20-9-10-1-3-11(19)4-2-10/h1-7H,8-9H2,(H,20,22)(H,21,23). The van der Waals surface area contributed by atoms with Gasteiger partial charge in [-0.25, -0.2) is 4.39 Å². The lowest BCUT2D eigenvalue weighted by Gasteiger charge is -2.07. The number of carbonyl (C=O) groups is 2. The minimum absolute atomic E-state index is 0.221. The molecule has 0 unspecified atom stereocenters. The molecule has 2 amide bonds. The Bertz CT molecular complexity index is 721. The van der Waals surface area contributed by atoms with Crippen LogP contribution in [-0.2, 0) is 16.1 Å². The van der Waals surface area contributed by atoms with E-state index < -0.39 is 11.8 Å². The second-order valence-electron chi connectivity index (χ2n) is 4.76. The molecular weight excluding hydrogens is 342 g/mol. The molecule has 0 spiro atoms. The molecule has 0 fully saturated rings. The highest BCUT2D eigenvalue weighted by atomic mass is 35.5. The fourth-order valence-electron chi connectivity index (χ4n) is 1.79. The van der Waals surface area contributed by atoms with E-state index in [-0.39, 0.29) is 18.8 Å². The van der Waals surface area contributed by atoms with Gasteiger partial charge in [0.1, 0.15) is 12.2 Å². The van der Waals surface area contributed by atoms with Gasteiger partial charge < -0.3 is 10.6 Å². The van der Waals surface area contributed by atoms with Crippen molar-refractivity contribution < 1.29 is 14.0 Å². The average Bonchev–Trinajstić information content (AvgIpc) is 2.50. The summed E-state index contributed by atoms with van der Waals surface area (Å²) in [6.07, 6.45) is -0.332.